The molecule has 4 heteroatoms. The number of rotatable bonds is 9. The van der Waals surface area contributed by atoms with Crippen LogP contribution in [0.3, 0.4) is 0 Å². The van der Waals surface area contributed by atoms with Gasteiger partial charge in [0.15, 0.2) is 0 Å². The summed E-state index contributed by atoms with van der Waals surface area (Å²) in [5.41, 5.74) is 4.90. The molecule has 2 atom stereocenters. The molecule has 0 spiro atoms. The zero-order chi connectivity index (χ0) is 27.4. The molecular weight excluding hydrogens is 494 g/mol. The van der Waals surface area contributed by atoms with Crippen molar-refractivity contribution in [2.75, 3.05) is 5.32 Å². The fourth-order valence-corrected chi connectivity index (χ4v) is 5.38. The molecule has 5 aromatic rings. The molecule has 0 bridgehead atoms. The summed E-state index contributed by atoms with van der Waals surface area (Å²) in [6, 6.07) is 41.9. The molecular formula is C36H35NO3. The second kappa shape index (κ2) is 11.5. The number of benzene rings is 5. The minimum Gasteiger partial charge on any atom is -0.485 e. The van der Waals surface area contributed by atoms with Crippen LogP contribution in [0.4, 0.5) is 5.69 Å². The van der Waals surface area contributed by atoms with Crippen molar-refractivity contribution in [2.45, 2.75) is 51.4 Å². The van der Waals surface area contributed by atoms with E-state index in [1.54, 1.807) is 0 Å². The first kappa shape index (κ1) is 26.1. The van der Waals surface area contributed by atoms with Gasteiger partial charge >= 0.3 is 0 Å². The van der Waals surface area contributed by atoms with E-state index in [1.807, 2.05) is 30.3 Å². The number of ether oxygens (including phenoxy) is 3. The average Bonchev–Trinajstić information content (AvgIpc) is 2.99. The number of nitrogens with one attached hydrogen (secondary N) is 1. The van der Waals surface area contributed by atoms with Gasteiger partial charge in [0.05, 0.1) is 13.2 Å². The predicted molar refractivity (Wildman–Crippen MR) is 161 cm³/mol. The summed E-state index contributed by atoms with van der Waals surface area (Å²) in [5.74, 6) is 0.832. The lowest BCUT2D eigenvalue weighted by molar-refractivity contribution is -0.170. The first-order valence-corrected chi connectivity index (χ1v) is 13.9. The van der Waals surface area contributed by atoms with Gasteiger partial charge in [-0.25, -0.2) is 0 Å². The van der Waals surface area contributed by atoms with Gasteiger partial charge in [0.2, 0.25) is 0 Å². The van der Waals surface area contributed by atoms with Crippen molar-refractivity contribution >= 4 is 16.5 Å². The Hall–Kier alpha value is -4.12. The molecule has 0 aliphatic carbocycles. The van der Waals surface area contributed by atoms with Crippen molar-refractivity contribution in [2.24, 2.45) is 0 Å². The third kappa shape index (κ3) is 5.89. The number of hydrogen-bond acceptors (Lipinski definition) is 4. The van der Waals surface area contributed by atoms with E-state index in [2.05, 4.69) is 110 Å². The molecule has 40 heavy (non-hydrogen) atoms. The predicted octanol–water partition coefficient (Wildman–Crippen LogP) is 8.47. The second-order valence-electron chi connectivity index (χ2n) is 10.9. The molecule has 1 aliphatic rings. The zero-order valence-electron chi connectivity index (χ0n) is 23.0. The zero-order valence-corrected chi connectivity index (χ0v) is 23.0. The third-order valence-electron chi connectivity index (χ3n) is 7.50. The molecule has 0 fully saturated rings. The molecule has 1 heterocycles. The van der Waals surface area contributed by atoms with Crippen molar-refractivity contribution in [3.8, 4) is 5.75 Å². The summed E-state index contributed by atoms with van der Waals surface area (Å²) >= 11 is 0. The first-order valence-electron chi connectivity index (χ1n) is 13.9. The van der Waals surface area contributed by atoms with Gasteiger partial charge < -0.3 is 19.5 Å². The molecule has 0 aromatic heterocycles. The Bertz CT molecular complexity index is 1570. The Morgan fingerprint density at radius 1 is 0.650 bits per heavy atom. The van der Waals surface area contributed by atoms with Crippen LogP contribution >= 0.6 is 0 Å². The van der Waals surface area contributed by atoms with Crippen LogP contribution in [0.1, 0.15) is 42.2 Å². The van der Waals surface area contributed by atoms with Gasteiger partial charge in [-0.2, -0.15) is 0 Å². The lowest BCUT2D eigenvalue weighted by Crippen LogP contribution is -2.50. The van der Waals surface area contributed by atoms with E-state index in [4.69, 9.17) is 14.2 Å². The smallest absolute Gasteiger partial charge is 0.132 e. The SMILES string of the molecule is CC1(C)Oc2ccc(NCc3ccccc3)cc2C(OCc2ccccc2)C1OCc1ccc2ccccc2c1. The Morgan fingerprint density at radius 2 is 1.32 bits per heavy atom. The monoisotopic (exact) mass is 529 g/mol. The van der Waals surface area contributed by atoms with E-state index < -0.39 is 5.60 Å². The van der Waals surface area contributed by atoms with E-state index in [1.165, 1.54) is 16.3 Å². The van der Waals surface area contributed by atoms with E-state index in [-0.39, 0.29) is 12.2 Å². The number of anilines is 1. The van der Waals surface area contributed by atoms with Crippen molar-refractivity contribution in [1.82, 2.24) is 0 Å². The minimum atomic E-state index is -0.593. The Balaban J connectivity index is 1.28. The quantitative estimate of drug-likeness (QED) is 0.208. The Labute approximate surface area is 236 Å². The lowest BCUT2D eigenvalue weighted by atomic mass is 9.87. The highest BCUT2D eigenvalue weighted by atomic mass is 16.6. The molecule has 0 amide bonds. The maximum atomic E-state index is 6.69. The lowest BCUT2D eigenvalue weighted by Gasteiger charge is -2.44. The molecule has 0 saturated carbocycles. The fraction of sp³-hybridized carbons (Fsp3) is 0.222. The van der Waals surface area contributed by atoms with Gasteiger partial charge in [0, 0.05) is 17.8 Å². The first-order chi connectivity index (χ1) is 19.5. The standard InChI is InChI=1S/C36H35NO3/c1-36(2)35(39-25-28-17-18-29-15-9-10-16-30(29)21-28)34(38-24-27-13-7-4-8-14-27)32-22-31(19-20-33(32)40-36)37-23-26-11-5-3-6-12-26/h3-22,34-35,37H,23-25H2,1-2H3. The molecule has 4 nitrogen and oxygen atoms in total. The van der Waals surface area contributed by atoms with Crippen molar-refractivity contribution in [1.29, 1.82) is 0 Å². The second-order valence-corrected chi connectivity index (χ2v) is 10.9. The normalized spacial score (nSPS) is 17.6. The maximum Gasteiger partial charge on any atom is 0.132 e. The van der Waals surface area contributed by atoms with Gasteiger partial charge in [-0.15, -0.1) is 0 Å². The molecule has 0 radical (unpaired) electrons. The van der Waals surface area contributed by atoms with E-state index in [9.17, 15) is 0 Å². The third-order valence-corrected chi connectivity index (χ3v) is 7.50. The highest BCUT2D eigenvalue weighted by molar-refractivity contribution is 5.82. The summed E-state index contributed by atoms with van der Waals surface area (Å²) < 4.78 is 19.9. The highest BCUT2D eigenvalue weighted by Gasteiger charge is 2.45. The van der Waals surface area contributed by atoms with Crippen LogP contribution in [0.5, 0.6) is 5.75 Å². The summed E-state index contributed by atoms with van der Waals surface area (Å²) in [4.78, 5) is 0. The van der Waals surface area contributed by atoms with Crippen molar-refractivity contribution < 1.29 is 14.2 Å². The van der Waals surface area contributed by atoms with Gasteiger partial charge in [-0.05, 0) is 65.6 Å². The molecule has 1 aliphatic heterocycles. The van der Waals surface area contributed by atoms with Crippen LogP contribution in [0.25, 0.3) is 10.8 Å². The van der Waals surface area contributed by atoms with Crippen LogP contribution in [0.15, 0.2) is 121 Å². The van der Waals surface area contributed by atoms with Crippen molar-refractivity contribution in [3.05, 3.63) is 144 Å². The van der Waals surface area contributed by atoms with Crippen LogP contribution in [0, 0.1) is 0 Å². The van der Waals surface area contributed by atoms with Gasteiger partial charge in [-0.1, -0.05) is 97.1 Å². The van der Waals surface area contributed by atoms with Crippen LogP contribution in [0.2, 0.25) is 0 Å². The summed E-state index contributed by atoms with van der Waals surface area (Å²) in [6.45, 7) is 5.86. The molecule has 2 unspecified atom stereocenters. The average molecular weight is 530 g/mol. The summed E-state index contributed by atoms with van der Waals surface area (Å²) in [6.07, 6.45) is -0.627. The van der Waals surface area contributed by atoms with E-state index >= 15 is 0 Å². The van der Waals surface area contributed by atoms with Crippen LogP contribution in [-0.4, -0.2) is 11.7 Å². The molecule has 5 aromatic carbocycles. The number of hydrogen-bond donors (Lipinski definition) is 1. The van der Waals surface area contributed by atoms with E-state index in [0.29, 0.717) is 13.2 Å². The molecule has 6 rings (SSSR count). The van der Waals surface area contributed by atoms with Gasteiger partial charge in [0.25, 0.3) is 0 Å². The van der Waals surface area contributed by atoms with Crippen LogP contribution in [-0.2, 0) is 29.2 Å². The largest absolute Gasteiger partial charge is 0.485 e. The van der Waals surface area contributed by atoms with Gasteiger partial charge in [-0.3, -0.25) is 0 Å². The minimum absolute atomic E-state index is 0.308. The highest BCUT2D eigenvalue weighted by Crippen LogP contribution is 2.45. The summed E-state index contributed by atoms with van der Waals surface area (Å²) in [7, 11) is 0. The van der Waals surface area contributed by atoms with Crippen molar-refractivity contribution in [3.63, 3.8) is 0 Å². The van der Waals surface area contributed by atoms with E-state index in [0.717, 1.165) is 34.7 Å². The Kier molecular flexibility index (Phi) is 7.54. The fourth-order valence-electron chi connectivity index (χ4n) is 5.38. The number of fused-ring (bicyclic) bond motifs is 2. The van der Waals surface area contributed by atoms with Gasteiger partial charge in [0.1, 0.15) is 23.6 Å². The van der Waals surface area contributed by atoms with Crippen LogP contribution < -0.4 is 10.1 Å². The molecule has 202 valence electrons. The molecule has 1 N–H and O–H groups in total. The maximum absolute atomic E-state index is 6.69. The Morgan fingerprint density at radius 3 is 2.10 bits per heavy atom. The summed E-state index contributed by atoms with van der Waals surface area (Å²) in [5, 5.41) is 5.99. The molecule has 0 saturated heterocycles. The topological polar surface area (TPSA) is 39.7 Å².